The van der Waals surface area contributed by atoms with E-state index in [0.29, 0.717) is 24.5 Å². The highest BCUT2D eigenvalue weighted by Gasteiger charge is 2.16. The number of anilines is 1. The SMILES string of the molecule is CCOC(=O)CCN(C)C(=O)c1cc2cccc(N)c2[nH]1. The van der Waals surface area contributed by atoms with Gasteiger partial charge in [0, 0.05) is 19.0 Å². The number of carbonyl (C=O) groups excluding carboxylic acids is 2. The van der Waals surface area contributed by atoms with E-state index in [1.54, 1.807) is 26.1 Å². The van der Waals surface area contributed by atoms with Crippen molar-refractivity contribution in [2.75, 3.05) is 25.9 Å². The Labute approximate surface area is 122 Å². The van der Waals surface area contributed by atoms with Crippen molar-refractivity contribution in [3.8, 4) is 0 Å². The van der Waals surface area contributed by atoms with Crippen LogP contribution in [0.5, 0.6) is 0 Å². The van der Waals surface area contributed by atoms with Crippen LogP contribution in [0.15, 0.2) is 24.3 Å². The zero-order chi connectivity index (χ0) is 15.4. The molecule has 1 aromatic carbocycles. The summed E-state index contributed by atoms with van der Waals surface area (Å²) in [6, 6.07) is 7.26. The Kier molecular flexibility index (Phi) is 4.47. The first-order chi connectivity index (χ1) is 10.0. The molecule has 3 N–H and O–H groups in total. The molecule has 1 heterocycles. The van der Waals surface area contributed by atoms with Crippen molar-refractivity contribution in [1.82, 2.24) is 9.88 Å². The third-order valence-electron chi connectivity index (χ3n) is 3.22. The lowest BCUT2D eigenvalue weighted by Crippen LogP contribution is -2.29. The van der Waals surface area contributed by atoms with Crippen LogP contribution in [0.25, 0.3) is 10.9 Å². The minimum absolute atomic E-state index is 0.179. The monoisotopic (exact) mass is 289 g/mol. The van der Waals surface area contributed by atoms with E-state index in [-0.39, 0.29) is 18.3 Å². The largest absolute Gasteiger partial charge is 0.466 e. The van der Waals surface area contributed by atoms with Gasteiger partial charge in [-0.1, -0.05) is 12.1 Å². The molecule has 0 bridgehead atoms. The molecular formula is C15H19N3O3. The number of H-pyrrole nitrogens is 1. The molecule has 2 rings (SSSR count). The Morgan fingerprint density at radius 2 is 2.14 bits per heavy atom. The van der Waals surface area contributed by atoms with Crippen molar-refractivity contribution in [3.63, 3.8) is 0 Å². The van der Waals surface area contributed by atoms with Crippen LogP contribution >= 0.6 is 0 Å². The molecule has 112 valence electrons. The molecule has 1 aromatic heterocycles. The number of ether oxygens (including phenoxy) is 1. The molecule has 2 aromatic rings. The molecule has 6 nitrogen and oxygen atoms in total. The molecule has 0 aliphatic heterocycles. The van der Waals surface area contributed by atoms with Crippen molar-refractivity contribution >= 4 is 28.5 Å². The van der Waals surface area contributed by atoms with Gasteiger partial charge in [0.2, 0.25) is 0 Å². The third-order valence-corrected chi connectivity index (χ3v) is 3.22. The Morgan fingerprint density at radius 3 is 2.81 bits per heavy atom. The van der Waals surface area contributed by atoms with Gasteiger partial charge in [-0.3, -0.25) is 9.59 Å². The number of para-hydroxylation sites is 1. The van der Waals surface area contributed by atoms with Gasteiger partial charge in [-0.15, -0.1) is 0 Å². The maximum Gasteiger partial charge on any atom is 0.307 e. The fraction of sp³-hybridized carbons (Fsp3) is 0.333. The normalized spacial score (nSPS) is 10.6. The van der Waals surface area contributed by atoms with Crippen molar-refractivity contribution < 1.29 is 14.3 Å². The number of hydrogen-bond acceptors (Lipinski definition) is 4. The van der Waals surface area contributed by atoms with E-state index >= 15 is 0 Å². The first-order valence-electron chi connectivity index (χ1n) is 6.81. The highest BCUT2D eigenvalue weighted by molar-refractivity contribution is 6.00. The van der Waals surface area contributed by atoms with Gasteiger partial charge in [0.1, 0.15) is 5.69 Å². The summed E-state index contributed by atoms with van der Waals surface area (Å²) in [6.45, 7) is 2.40. The third kappa shape index (κ3) is 3.34. The van der Waals surface area contributed by atoms with Crippen LogP contribution in [-0.2, 0) is 9.53 Å². The number of esters is 1. The van der Waals surface area contributed by atoms with Gasteiger partial charge in [-0.05, 0) is 19.1 Å². The number of fused-ring (bicyclic) bond motifs is 1. The van der Waals surface area contributed by atoms with Crippen molar-refractivity contribution in [3.05, 3.63) is 30.0 Å². The molecular weight excluding hydrogens is 270 g/mol. The second-order valence-corrected chi connectivity index (χ2v) is 4.78. The summed E-state index contributed by atoms with van der Waals surface area (Å²) < 4.78 is 4.84. The van der Waals surface area contributed by atoms with Crippen LogP contribution in [0.2, 0.25) is 0 Å². The van der Waals surface area contributed by atoms with E-state index in [1.165, 1.54) is 4.90 Å². The van der Waals surface area contributed by atoms with Crippen molar-refractivity contribution in [2.24, 2.45) is 0 Å². The minimum Gasteiger partial charge on any atom is -0.466 e. The number of nitrogens with zero attached hydrogens (tertiary/aromatic N) is 1. The Bertz CT molecular complexity index is 663. The molecule has 0 saturated heterocycles. The lowest BCUT2D eigenvalue weighted by Gasteiger charge is -2.15. The number of nitrogens with one attached hydrogen (secondary N) is 1. The second kappa shape index (κ2) is 6.30. The lowest BCUT2D eigenvalue weighted by molar-refractivity contribution is -0.143. The van der Waals surface area contributed by atoms with Crippen molar-refractivity contribution in [1.29, 1.82) is 0 Å². The maximum absolute atomic E-state index is 12.3. The summed E-state index contributed by atoms with van der Waals surface area (Å²) in [5, 5.41) is 0.886. The van der Waals surface area contributed by atoms with Crippen LogP contribution in [0.3, 0.4) is 0 Å². The number of carbonyl (C=O) groups is 2. The number of benzene rings is 1. The van der Waals surface area contributed by atoms with E-state index in [4.69, 9.17) is 10.5 Å². The minimum atomic E-state index is -0.307. The van der Waals surface area contributed by atoms with Crippen LogP contribution in [0, 0.1) is 0 Å². The quantitative estimate of drug-likeness (QED) is 0.648. The molecule has 0 aliphatic rings. The summed E-state index contributed by atoms with van der Waals surface area (Å²) in [5.74, 6) is -0.493. The smallest absolute Gasteiger partial charge is 0.307 e. The number of amides is 1. The molecule has 6 heteroatoms. The van der Waals surface area contributed by atoms with E-state index in [9.17, 15) is 9.59 Å². The number of hydrogen-bond donors (Lipinski definition) is 2. The van der Waals surface area contributed by atoms with E-state index < -0.39 is 0 Å². The topological polar surface area (TPSA) is 88.4 Å². The number of nitrogen functional groups attached to an aromatic ring is 1. The average Bonchev–Trinajstić information content (AvgIpc) is 2.90. The summed E-state index contributed by atoms with van der Waals surface area (Å²) in [5.41, 5.74) is 7.66. The number of nitrogens with two attached hydrogens (primary N) is 1. The molecule has 0 unspecified atom stereocenters. The first kappa shape index (κ1) is 14.9. The number of aromatic amines is 1. The fourth-order valence-corrected chi connectivity index (χ4v) is 2.09. The van der Waals surface area contributed by atoms with Crippen LogP contribution in [0.1, 0.15) is 23.8 Å². The molecule has 0 atom stereocenters. The maximum atomic E-state index is 12.3. The fourth-order valence-electron chi connectivity index (χ4n) is 2.09. The van der Waals surface area contributed by atoms with Gasteiger partial charge in [-0.2, -0.15) is 0 Å². The van der Waals surface area contributed by atoms with Gasteiger partial charge in [0.05, 0.1) is 24.2 Å². The highest BCUT2D eigenvalue weighted by Crippen LogP contribution is 2.21. The van der Waals surface area contributed by atoms with Gasteiger partial charge in [0.25, 0.3) is 5.91 Å². The summed E-state index contributed by atoms with van der Waals surface area (Å²) in [4.78, 5) is 28.1. The zero-order valence-electron chi connectivity index (χ0n) is 12.2. The van der Waals surface area contributed by atoms with Crippen LogP contribution < -0.4 is 5.73 Å². The van der Waals surface area contributed by atoms with E-state index in [1.807, 2.05) is 12.1 Å². The van der Waals surface area contributed by atoms with Gasteiger partial charge in [-0.25, -0.2) is 0 Å². The average molecular weight is 289 g/mol. The standard InChI is InChI=1S/C15H19N3O3/c1-3-21-13(19)7-8-18(2)15(20)12-9-10-5-4-6-11(16)14(10)17-12/h4-6,9,17H,3,7-8,16H2,1-2H3. The molecule has 1 amide bonds. The summed E-state index contributed by atoms with van der Waals surface area (Å²) in [6.07, 6.45) is 0.179. The molecule has 0 aliphatic carbocycles. The van der Waals surface area contributed by atoms with Crippen LogP contribution in [-0.4, -0.2) is 42.0 Å². The molecule has 0 saturated carbocycles. The Morgan fingerprint density at radius 1 is 1.38 bits per heavy atom. The van der Waals surface area contributed by atoms with E-state index in [2.05, 4.69) is 4.98 Å². The molecule has 21 heavy (non-hydrogen) atoms. The molecule has 0 fully saturated rings. The lowest BCUT2D eigenvalue weighted by atomic mass is 10.2. The summed E-state index contributed by atoms with van der Waals surface area (Å²) >= 11 is 0. The predicted molar refractivity (Wildman–Crippen MR) is 80.9 cm³/mol. The second-order valence-electron chi connectivity index (χ2n) is 4.78. The highest BCUT2D eigenvalue weighted by atomic mass is 16.5. The predicted octanol–water partition coefficient (Wildman–Crippen LogP) is 1.78. The van der Waals surface area contributed by atoms with Crippen molar-refractivity contribution in [2.45, 2.75) is 13.3 Å². The number of aromatic nitrogens is 1. The zero-order valence-corrected chi connectivity index (χ0v) is 12.2. The van der Waals surface area contributed by atoms with E-state index in [0.717, 1.165) is 10.9 Å². The van der Waals surface area contributed by atoms with Gasteiger partial charge < -0.3 is 20.4 Å². The van der Waals surface area contributed by atoms with Gasteiger partial charge >= 0.3 is 5.97 Å². The molecule has 0 spiro atoms. The Hall–Kier alpha value is -2.50. The number of rotatable bonds is 5. The Balaban J connectivity index is 2.07. The van der Waals surface area contributed by atoms with Gasteiger partial charge in [0.15, 0.2) is 0 Å². The molecule has 0 radical (unpaired) electrons. The summed E-state index contributed by atoms with van der Waals surface area (Å²) in [7, 11) is 1.65. The first-order valence-corrected chi connectivity index (χ1v) is 6.81. The van der Waals surface area contributed by atoms with Crippen LogP contribution in [0.4, 0.5) is 5.69 Å².